The van der Waals surface area contributed by atoms with Crippen molar-refractivity contribution in [2.75, 3.05) is 46.6 Å². The van der Waals surface area contributed by atoms with E-state index in [1.54, 1.807) is 6.08 Å². The van der Waals surface area contributed by atoms with E-state index in [1.807, 2.05) is 97.1 Å². The highest BCUT2D eigenvalue weighted by Crippen LogP contribution is 2.28. The Balaban J connectivity index is 1.84. The van der Waals surface area contributed by atoms with Crippen molar-refractivity contribution in [1.82, 2.24) is 0 Å². The monoisotopic (exact) mass is 622 g/mol. The van der Waals surface area contributed by atoms with Crippen LogP contribution in [0.15, 0.2) is 127 Å². The average Bonchev–Trinajstić information content (AvgIpc) is 3.05. The molecule has 240 valence electrons. The third-order valence-electron chi connectivity index (χ3n) is 6.34. The van der Waals surface area contributed by atoms with Gasteiger partial charge in [-0.3, -0.25) is 0 Å². The summed E-state index contributed by atoms with van der Waals surface area (Å²) in [5.41, 5.74) is 3.83. The summed E-state index contributed by atoms with van der Waals surface area (Å²) in [4.78, 5) is 0. The van der Waals surface area contributed by atoms with Gasteiger partial charge in [0.25, 0.3) is 6.08 Å². The quantitative estimate of drug-likeness (QED) is 0.132. The summed E-state index contributed by atoms with van der Waals surface area (Å²) in [6.07, 6.45) is 17.6. The molecule has 0 saturated heterocycles. The van der Waals surface area contributed by atoms with Crippen molar-refractivity contribution in [3.8, 4) is 16.9 Å². The molecule has 2 N–H and O–H groups in total. The van der Waals surface area contributed by atoms with Crippen LogP contribution in [-0.4, -0.2) is 56.8 Å². The van der Waals surface area contributed by atoms with Gasteiger partial charge in [0.15, 0.2) is 0 Å². The van der Waals surface area contributed by atoms with Crippen molar-refractivity contribution in [1.29, 1.82) is 0 Å². The van der Waals surface area contributed by atoms with Gasteiger partial charge in [-0.1, -0.05) is 72.9 Å². The Morgan fingerprint density at radius 2 is 1.22 bits per heavy atom. The summed E-state index contributed by atoms with van der Waals surface area (Å²) in [5, 5.41) is 17.5. The van der Waals surface area contributed by atoms with Gasteiger partial charge in [0, 0.05) is 5.57 Å². The van der Waals surface area contributed by atoms with Gasteiger partial charge in [0.2, 0.25) is 0 Å². The van der Waals surface area contributed by atoms with E-state index in [-0.39, 0.29) is 26.8 Å². The van der Waals surface area contributed by atoms with E-state index in [0.717, 1.165) is 28.3 Å². The van der Waals surface area contributed by atoms with Crippen LogP contribution in [0.3, 0.4) is 0 Å². The third-order valence-corrected chi connectivity index (χ3v) is 6.34. The minimum Gasteiger partial charge on any atom is -0.493 e. The molecule has 0 bridgehead atoms. The molecule has 0 atom stereocenters. The predicted molar refractivity (Wildman–Crippen MR) is 171 cm³/mol. The lowest BCUT2D eigenvalue weighted by atomic mass is 9.98. The predicted octanol–water partition coefficient (Wildman–Crippen LogP) is 7.48. The Morgan fingerprint density at radius 3 is 1.89 bits per heavy atom. The Morgan fingerprint density at radius 1 is 0.600 bits per heavy atom. The number of unbranched alkanes of at least 4 members (excludes halogenated alkanes) is 2. The van der Waals surface area contributed by atoms with E-state index in [2.05, 4.69) is 0 Å². The number of aliphatic hydroxyl groups excluding tert-OH is 2. The lowest BCUT2D eigenvalue weighted by Crippen LogP contribution is -2.06. The maximum atomic E-state index is 12.4. The summed E-state index contributed by atoms with van der Waals surface area (Å²) >= 11 is 0. The molecule has 0 aromatic heterocycles. The second-order valence-electron chi connectivity index (χ2n) is 9.52. The molecule has 3 rings (SSSR count). The number of benzene rings is 2. The molecule has 45 heavy (non-hydrogen) atoms. The fourth-order valence-corrected chi connectivity index (χ4v) is 4.14. The maximum absolute atomic E-state index is 12.4. The zero-order valence-corrected chi connectivity index (χ0v) is 25.2. The lowest BCUT2D eigenvalue weighted by Gasteiger charge is -2.13. The maximum Gasteiger partial charge on any atom is 0.266 e. The Bertz CT molecular complexity index is 1350. The standard InChI is InChI=1S/C36H40F2O7/c37-36(38)13-6-3-7-22-45-35-12-8-10-32(43-25-23-41-27-39)9-4-1-2-5-11-34(35)31-16-14-29(15-17-31)30-18-20-33(21-19-30)44-26-24-42-28-40/h1-2,4-5,8-21,39-40H,3,6-7,22-28H2/b2-1+,4-1?,5-2?,9-4-,10-8?,11-5-,12-8+,32-9?,32-10+,34-11?,35-12?,35-34-. The van der Waals surface area contributed by atoms with E-state index in [9.17, 15) is 8.78 Å². The highest BCUT2D eigenvalue weighted by molar-refractivity contribution is 5.79. The summed E-state index contributed by atoms with van der Waals surface area (Å²) in [6, 6.07) is 15.9. The van der Waals surface area contributed by atoms with Gasteiger partial charge in [-0.2, -0.15) is 8.78 Å². The molecular weight excluding hydrogens is 582 g/mol. The summed E-state index contributed by atoms with van der Waals surface area (Å²) in [5.74, 6) is 1.93. The number of rotatable bonds is 18. The Kier molecular flexibility index (Phi) is 16.8. The van der Waals surface area contributed by atoms with Gasteiger partial charge < -0.3 is 33.9 Å². The largest absolute Gasteiger partial charge is 0.493 e. The smallest absolute Gasteiger partial charge is 0.266 e. The van der Waals surface area contributed by atoms with Gasteiger partial charge in [0.1, 0.15) is 44.1 Å². The van der Waals surface area contributed by atoms with Crippen molar-refractivity contribution in [2.24, 2.45) is 0 Å². The Hall–Kier alpha value is -4.28. The van der Waals surface area contributed by atoms with Crippen LogP contribution in [0.25, 0.3) is 16.7 Å². The van der Waals surface area contributed by atoms with Crippen LogP contribution in [0.5, 0.6) is 5.75 Å². The second-order valence-corrected chi connectivity index (χ2v) is 9.52. The molecule has 1 aliphatic rings. The minimum absolute atomic E-state index is 0.249. The molecule has 7 nitrogen and oxygen atoms in total. The van der Waals surface area contributed by atoms with Crippen LogP contribution < -0.4 is 4.74 Å². The number of allylic oxidation sites excluding steroid dienone is 11. The summed E-state index contributed by atoms with van der Waals surface area (Å²) < 4.78 is 52.2. The molecule has 1 aliphatic carbocycles. The molecule has 0 spiro atoms. The highest BCUT2D eigenvalue weighted by Gasteiger charge is 2.09. The first-order valence-electron chi connectivity index (χ1n) is 14.7. The highest BCUT2D eigenvalue weighted by atomic mass is 19.3. The third kappa shape index (κ3) is 13.9. The first-order chi connectivity index (χ1) is 22.1. The fraction of sp³-hybridized carbons (Fsp3) is 0.278. The molecule has 0 unspecified atom stereocenters. The van der Waals surface area contributed by atoms with Crippen molar-refractivity contribution >= 4 is 5.57 Å². The molecule has 2 aromatic carbocycles. The van der Waals surface area contributed by atoms with Crippen LogP contribution in [-0.2, 0) is 18.9 Å². The zero-order valence-electron chi connectivity index (χ0n) is 25.2. The topological polar surface area (TPSA) is 86.6 Å². The number of ether oxygens (including phenoxy) is 5. The Labute approximate surface area is 263 Å². The number of halogens is 2. The van der Waals surface area contributed by atoms with Gasteiger partial charge in [-0.15, -0.1) is 0 Å². The molecule has 0 amide bonds. The van der Waals surface area contributed by atoms with E-state index in [4.69, 9.17) is 33.9 Å². The lowest BCUT2D eigenvalue weighted by molar-refractivity contribution is -0.0194. The van der Waals surface area contributed by atoms with E-state index >= 15 is 0 Å². The van der Waals surface area contributed by atoms with Gasteiger partial charge in [-0.25, -0.2) is 0 Å². The molecule has 0 saturated carbocycles. The summed E-state index contributed by atoms with van der Waals surface area (Å²) in [7, 11) is 0. The van der Waals surface area contributed by atoms with E-state index in [0.29, 0.717) is 56.4 Å². The van der Waals surface area contributed by atoms with Crippen molar-refractivity contribution in [3.05, 3.63) is 132 Å². The molecule has 9 heteroatoms. The SMILES string of the molecule is OCOCCOC1=C/C=C/C(OCCCCC=C(F)F)=C(c2ccc(-c3ccc(OCCOCO)cc3)cc2)\C=C/C=C/C=C\1. The van der Waals surface area contributed by atoms with Crippen molar-refractivity contribution < 1.29 is 42.7 Å². The number of hydrogen-bond donors (Lipinski definition) is 2. The van der Waals surface area contributed by atoms with E-state index in [1.165, 1.54) is 0 Å². The van der Waals surface area contributed by atoms with E-state index < -0.39 is 6.08 Å². The van der Waals surface area contributed by atoms with Crippen molar-refractivity contribution in [3.63, 3.8) is 0 Å². The fourth-order valence-electron chi connectivity index (χ4n) is 4.14. The first kappa shape index (κ1) is 35.2. The van der Waals surface area contributed by atoms with Crippen molar-refractivity contribution in [2.45, 2.75) is 19.3 Å². The molecule has 0 fully saturated rings. The van der Waals surface area contributed by atoms with Gasteiger partial charge in [0.05, 0.1) is 19.8 Å². The van der Waals surface area contributed by atoms with Gasteiger partial charge in [-0.05, 0) is 72.4 Å². The molecular formula is C36H40F2O7. The van der Waals surface area contributed by atoms with Crippen LogP contribution in [0, 0.1) is 0 Å². The normalized spacial score (nSPS) is 18.8. The number of hydrogen-bond acceptors (Lipinski definition) is 7. The first-order valence-corrected chi connectivity index (χ1v) is 14.7. The molecule has 0 heterocycles. The molecule has 2 aromatic rings. The number of aliphatic hydroxyl groups is 2. The van der Waals surface area contributed by atoms with Gasteiger partial charge >= 0.3 is 0 Å². The average molecular weight is 623 g/mol. The summed E-state index contributed by atoms with van der Waals surface area (Å²) in [6.45, 7) is 0.830. The van der Waals surface area contributed by atoms with Crippen LogP contribution in [0.2, 0.25) is 0 Å². The minimum atomic E-state index is -1.67. The zero-order chi connectivity index (χ0) is 32.0. The van der Waals surface area contributed by atoms with Crippen LogP contribution in [0.4, 0.5) is 8.78 Å². The molecule has 0 aliphatic heterocycles. The second kappa shape index (κ2) is 21.4. The van der Waals surface area contributed by atoms with Crippen LogP contribution in [0.1, 0.15) is 24.8 Å². The molecule has 0 radical (unpaired) electrons. The van der Waals surface area contributed by atoms with Crippen LogP contribution >= 0.6 is 0 Å².